The number of piperazine rings is 1. The van der Waals surface area contributed by atoms with Crippen molar-refractivity contribution in [3.05, 3.63) is 24.3 Å². The lowest BCUT2D eigenvalue weighted by Gasteiger charge is -2.38. The van der Waals surface area contributed by atoms with Crippen LogP contribution in [-0.4, -0.2) is 71.1 Å². The van der Waals surface area contributed by atoms with Crippen LogP contribution in [0.5, 0.6) is 0 Å². The Labute approximate surface area is 208 Å². The van der Waals surface area contributed by atoms with E-state index in [1.54, 1.807) is 20.8 Å². The normalized spacial score (nSPS) is 26.5. The van der Waals surface area contributed by atoms with E-state index in [4.69, 9.17) is 0 Å². The second-order valence-electron chi connectivity index (χ2n) is 11.5. The van der Waals surface area contributed by atoms with Gasteiger partial charge >= 0.3 is 0 Å². The van der Waals surface area contributed by atoms with Gasteiger partial charge in [-0.2, -0.15) is 0 Å². The van der Waals surface area contributed by atoms with E-state index in [1.165, 1.54) is 11.4 Å². The van der Waals surface area contributed by atoms with Crippen molar-refractivity contribution in [3.63, 3.8) is 0 Å². The number of anilines is 2. The zero-order chi connectivity index (χ0) is 24.9. The summed E-state index contributed by atoms with van der Waals surface area (Å²) in [7, 11) is -1.10. The summed E-state index contributed by atoms with van der Waals surface area (Å²) in [6.07, 6.45) is 4.00. The summed E-state index contributed by atoms with van der Waals surface area (Å²) in [5.41, 5.74) is 2.56. The standard InChI is InChI=1S/C26H47N5O2S/c1-20-18-31(19-21(2)28-20)25-9-7-8-24(16-25)30(6)15-14-27-17-22-10-12-23(13-11-22)29-34(32,33)26(3,4)5/h7-9,16,20-23,27-29H,10-15,17-19H2,1-6H3. The average Bonchev–Trinajstić information content (AvgIpc) is 2.76. The number of likely N-dealkylation sites (N-methyl/N-ethyl adjacent to an activating group) is 1. The maximum absolute atomic E-state index is 12.4. The van der Waals surface area contributed by atoms with Gasteiger partial charge in [0.1, 0.15) is 0 Å². The van der Waals surface area contributed by atoms with Gasteiger partial charge in [-0.25, -0.2) is 13.1 Å². The highest BCUT2D eigenvalue weighted by molar-refractivity contribution is 7.90. The van der Waals surface area contributed by atoms with Crippen LogP contribution in [0.3, 0.4) is 0 Å². The van der Waals surface area contributed by atoms with Gasteiger partial charge in [0.05, 0.1) is 4.75 Å². The second kappa shape index (κ2) is 11.6. The smallest absolute Gasteiger partial charge is 0.216 e. The van der Waals surface area contributed by atoms with Crippen molar-refractivity contribution in [2.45, 2.75) is 83.2 Å². The van der Waals surface area contributed by atoms with Gasteiger partial charge in [-0.15, -0.1) is 0 Å². The minimum absolute atomic E-state index is 0.0838. The number of hydrogen-bond donors (Lipinski definition) is 3. The van der Waals surface area contributed by atoms with Gasteiger partial charge in [0.15, 0.2) is 0 Å². The third kappa shape index (κ3) is 7.57. The molecule has 8 heteroatoms. The maximum Gasteiger partial charge on any atom is 0.216 e. The summed E-state index contributed by atoms with van der Waals surface area (Å²) < 4.78 is 27.0. The molecule has 1 heterocycles. The van der Waals surface area contributed by atoms with Crippen molar-refractivity contribution < 1.29 is 8.42 Å². The van der Waals surface area contributed by atoms with Crippen molar-refractivity contribution in [3.8, 4) is 0 Å². The quantitative estimate of drug-likeness (QED) is 0.459. The number of nitrogens with zero attached hydrogens (tertiary/aromatic N) is 2. The lowest BCUT2D eigenvalue weighted by atomic mass is 9.86. The van der Waals surface area contributed by atoms with Crippen molar-refractivity contribution in [1.29, 1.82) is 0 Å². The Kier molecular flexibility index (Phi) is 9.29. The molecule has 0 aromatic heterocycles. The van der Waals surface area contributed by atoms with Crippen molar-refractivity contribution in [2.75, 3.05) is 49.6 Å². The lowest BCUT2D eigenvalue weighted by Crippen LogP contribution is -2.54. The Hall–Kier alpha value is -1.35. The zero-order valence-corrected chi connectivity index (χ0v) is 22.9. The fourth-order valence-electron chi connectivity index (χ4n) is 5.03. The number of benzene rings is 1. The molecule has 0 radical (unpaired) electrons. The highest BCUT2D eigenvalue weighted by Gasteiger charge is 2.32. The molecule has 3 N–H and O–H groups in total. The van der Waals surface area contributed by atoms with Gasteiger partial charge in [0, 0.05) is 62.7 Å². The molecule has 7 nitrogen and oxygen atoms in total. The van der Waals surface area contributed by atoms with E-state index in [0.717, 1.165) is 58.4 Å². The van der Waals surface area contributed by atoms with Crippen LogP contribution >= 0.6 is 0 Å². The molecule has 3 rings (SSSR count). The van der Waals surface area contributed by atoms with Gasteiger partial charge in [-0.05, 0) is 91.0 Å². The first kappa shape index (κ1) is 27.2. The number of rotatable bonds is 9. The predicted molar refractivity (Wildman–Crippen MR) is 144 cm³/mol. The van der Waals surface area contributed by atoms with Gasteiger partial charge < -0.3 is 20.4 Å². The summed E-state index contributed by atoms with van der Waals surface area (Å²) in [5, 5.41) is 7.24. The minimum Gasteiger partial charge on any atom is -0.373 e. The van der Waals surface area contributed by atoms with Crippen LogP contribution in [-0.2, 0) is 10.0 Å². The Morgan fingerprint density at radius 1 is 1.09 bits per heavy atom. The van der Waals surface area contributed by atoms with E-state index in [1.807, 2.05) is 0 Å². The van der Waals surface area contributed by atoms with Crippen LogP contribution in [0.25, 0.3) is 0 Å². The number of hydrogen-bond acceptors (Lipinski definition) is 6. The molecule has 194 valence electrons. The molecule has 1 saturated heterocycles. The number of sulfonamides is 1. The van der Waals surface area contributed by atoms with Gasteiger partial charge in [0.25, 0.3) is 0 Å². The third-order valence-electron chi connectivity index (χ3n) is 7.22. The molecular formula is C26H47N5O2S. The van der Waals surface area contributed by atoms with Crippen molar-refractivity contribution in [1.82, 2.24) is 15.4 Å². The molecule has 1 aliphatic heterocycles. The summed E-state index contributed by atoms with van der Waals surface area (Å²) in [4.78, 5) is 4.81. The van der Waals surface area contributed by atoms with Gasteiger partial charge in [0.2, 0.25) is 10.0 Å². The van der Waals surface area contributed by atoms with Gasteiger partial charge in [-0.1, -0.05) is 6.07 Å². The Morgan fingerprint density at radius 3 is 2.35 bits per heavy atom. The molecule has 1 aliphatic carbocycles. The summed E-state index contributed by atoms with van der Waals surface area (Å²) in [6.45, 7) is 14.7. The monoisotopic (exact) mass is 493 g/mol. The molecule has 1 aromatic carbocycles. The van der Waals surface area contributed by atoms with Crippen LogP contribution < -0.4 is 25.2 Å². The van der Waals surface area contributed by atoms with E-state index < -0.39 is 14.8 Å². The topological polar surface area (TPSA) is 76.7 Å². The average molecular weight is 494 g/mol. The molecule has 2 fully saturated rings. The maximum atomic E-state index is 12.4. The highest BCUT2D eigenvalue weighted by atomic mass is 32.2. The van der Waals surface area contributed by atoms with E-state index in [2.05, 4.69) is 70.3 Å². The molecule has 0 bridgehead atoms. The molecule has 1 saturated carbocycles. The van der Waals surface area contributed by atoms with Crippen LogP contribution in [0.4, 0.5) is 11.4 Å². The molecule has 0 amide bonds. The van der Waals surface area contributed by atoms with E-state index in [9.17, 15) is 8.42 Å². The summed E-state index contributed by atoms with van der Waals surface area (Å²) in [5.74, 6) is 0.626. The first-order chi connectivity index (χ1) is 15.9. The first-order valence-corrected chi connectivity index (χ1v) is 14.5. The molecule has 2 aliphatic rings. The lowest BCUT2D eigenvalue weighted by molar-refractivity contribution is 0.302. The predicted octanol–water partition coefficient (Wildman–Crippen LogP) is 3.18. The zero-order valence-electron chi connectivity index (χ0n) is 22.1. The van der Waals surface area contributed by atoms with Crippen LogP contribution in [0.1, 0.15) is 60.3 Å². The SMILES string of the molecule is CC1CN(c2cccc(N(C)CCNCC3CCC(NS(=O)(=O)C(C)(C)C)CC3)c2)CC(C)N1. The molecule has 1 aromatic rings. The largest absolute Gasteiger partial charge is 0.373 e. The molecule has 2 atom stereocenters. The fourth-order valence-corrected chi connectivity index (χ4v) is 6.06. The fraction of sp³-hybridized carbons (Fsp3) is 0.769. The van der Waals surface area contributed by atoms with Crippen molar-refractivity contribution in [2.24, 2.45) is 5.92 Å². The summed E-state index contributed by atoms with van der Waals surface area (Å²) >= 11 is 0. The van der Waals surface area contributed by atoms with Crippen LogP contribution in [0.15, 0.2) is 24.3 Å². The molecule has 2 unspecified atom stereocenters. The van der Waals surface area contributed by atoms with E-state index in [-0.39, 0.29) is 6.04 Å². The molecular weight excluding hydrogens is 446 g/mol. The third-order valence-corrected chi connectivity index (χ3v) is 9.48. The second-order valence-corrected chi connectivity index (χ2v) is 13.9. The van der Waals surface area contributed by atoms with Gasteiger partial charge in [-0.3, -0.25) is 0 Å². The minimum atomic E-state index is -3.26. The van der Waals surface area contributed by atoms with Crippen LogP contribution in [0.2, 0.25) is 0 Å². The van der Waals surface area contributed by atoms with E-state index in [0.29, 0.717) is 18.0 Å². The Morgan fingerprint density at radius 2 is 1.74 bits per heavy atom. The van der Waals surface area contributed by atoms with Crippen molar-refractivity contribution >= 4 is 21.4 Å². The highest BCUT2D eigenvalue weighted by Crippen LogP contribution is 2.26. The van der Waals surface area contributed by atoms with E-state index >= 15 is 0 Å². The summed E-state index contributed by atoms with van der Waals surface area (Å²) in [6, 6.07) is 9.98. The Bertz CT molecular complexity index is 867. The van der Waals surface area contributed by atoms with Crippen LogP contribution in [0, 0.1) is 5.92 Å². The molecule has 34 heavy (non-hydrogen) atoms. The Balaban J connectivity index is 1.38. The first-order valence-electron chi connectivity index (χ1n) is 13.0. The molecule has 0 spiro atoms. The number of nitrogens with one attached hydrogen (secondary N) is 3.